The van der Waals surface area contributed by atoms with Gasteiger partial charge in [0.25, 0.3) is 0 Å². The molecule has 0 aromatic heterocycles. The number of nitrogens with one attached hydrogen (secondary N) is 3. The van der Waals surface area contributed by atoms with Crippen LogP contribution in [0, 0.1) is 0 Å². The first-order valence-electron chi connectivity index (χ1n) is 12.3. The van der Waals surface area contributed by atoms with Gasteiger partial charge < -0.3 is 53.6 Å². The van der Waals surface area contributed by atoms with Gasteiger partial charge in [-0.1, -0.05) is 12.1 Å². The number of phenols is 1. The first kappa shape index (κ1) is 33.6. The van der Waals surface area contributed by atoms with Gasteiger partial charge in [-0.2, -0.15) is 0 Å². The Morgan fingerprint density at radius 2 is 1.48 bits per heavy atom. The number of carboxylic acids is 2. The summed E-state index contributed by atoms with van der Waals surface area (Å²) in [7, 11) is 0. The Morgan fingerprint density at radius 1 is 0.900 bits per heavy atom. The third-order valence-electron chi connectivity index (χ3n) is 5.64. The molecule has 40 heavy (non-hydrogen) atoms. The van der Waals surface area contributed by atoms with E-state index in [0.29, 0.717) is 5.56 Å². The smallest absolute Gasteiger partial charge is 0.328 e. The number of phenolic OH excluding ortho intramolecular Hbond substituents is 1. The molecule has 16 nitrogen and oxygen atoms in total. The first-order valence-corrected chi connectivity index (χ1v) is 12.3. The van der Waals surface area contributed by atoms with Crippen molar-refractivity contribution in [2.24, 2.45) is 22.2 Å². The van der Waals surface area contributed by atoms with Crippen LogP contribution in [0.15, 0.2) is 29.3 Å². The van der Waals surface area contributed by atoms with E-state index in [9.17, 15) is 39.3 Å². The van der Waals surface area contributed by atoms with Crippen molar-refractivity contribution in [3.05, 3.63) is 29.8 Å². The standard InChI is InChI=1S/C24H37N7O9/c1-12(32)19(23(39)40)31-21(37)16(3-2-10-28-24(26)27)29-22(38)17(11-13-4-6-14(33)7-5-13)30-20(36)15(25)8-9-18(34)35/h4-7,12,15-17,19,32-33H,2-3,8-11,25H2,1H3,(H,29,38)(H,30,36)(H,31,37)(H,34,35)(H,39,40)(H4,26,27,28). The third-order valence-corrected chi connectivity index (χ3v) is 5.64. The Balaban J connectivity index is 3.18. The van der Waals surface area contributed by atoms with Crippen LogP contribution in [0.4, 0.5) is 0 Å². The van der Waals surface area contributed by atoms with Crippen molar-refractivity contribution in [2.75, 3.05) is 6.54 Å². The molecular weight excluding hydrogens is 530 g/mol. The van der Waals surface area contributed by atoms with Crippen molar-refractivity contribution in [1.82, 2.24) is 16.0 Å². The summed E-state index contributed by atoms with van der Waals surface area (Å²) in [5, 5.41) is 44.5. The predicted molar refractivity (Wildman–Crippen MR) is 142 cm³/mol. The molecule has 0 spiro atoms. The summed E-state index contributed by atoms with van der Waals surface area (Å²) < 4.78 is 0. The number of hydrogen-bond donors (Lipinski definition) is 10. The van der Waals surface area contributed by atoms with Gasteiger partial charge in [0.2, 0.25) is 17.7 Å². The van der Waals surface area contributed by atoms with E-state index in [0.717, 1.165) is 0 Å². The Morgan fingerprint density at radius 3 is 2.00 bits per heavy atom. The van der Waals surface area contributed by atoms with Gasteiger partial charge in [0.15, 0.2) is 12.0 Å². The lowest BCUT2D eigenvalue weighted by molar-refractivity contribution is -0.145. The molecule has 5 unspecified atom stereocenters. The minimum Gasteiger partial charge on any atom is -0.508 e. The largest absolute Gasteiger partial charge is 0.508 e. The molecule has 0 saturated carbocycles. The highest BCUT2D eigenvalue weighted by molar-refractivity contribution is 5.94. The SMILES string of the molecule is CC(O)C(NC(=O)C(CCCN=C(N)N)NC(=O)C(Cc1ccc(O)cc1)NC(=O)C(N)CCC(=O)O)C(=O)O. The lowest BCUT2D eigenvalue weighted by Crippen LogP contribution is -2.58. The molecule has 16 heteroatoms. The molecular formula is C24H37N7O9. The molecule has 222 valence electrons. The number of rotatable bonds is 17. The second kappa shape index (κ2) is 16.5. The number of carbonyl (C=O) groups is 5. The van der Waals surface area contributed by atoms with Crippen molar-refractivity contribution in [3.8, 4) is 5.75 Å². The number of nitrogens with zero attached hydrogens (tertiary/aromatic N) is 1. The molecule has 3 amide bonds. The Hall–Kier alpha value is -4.44. The molecule has 1 aromatic rings. The summed E-state index contributed by atoms with van der Waals surface area (Å²) >= 11 is 0. The maximum Gasteiger partial charge on any atom is 0.328 e. The molecule has 0 radical (unpaired) electrons. The molecule has 5 atom stereocenters. The lowest BCUT2D eigenvalue weighted by atomic mass is 10.0. The number of aromatic hydroxyl groups is 1. The molecule has 1 aromatic carbocycles. The average Bonchev–Trinajstić information content (AvgIpc) is 2.87. The minimum atomic E-state index is -1.66. The van der Waals surface area contributed by atoms with E-state index in [1.165, 1.54) is 31.2 Å². The Labute approximate surface area is 230 Å². The van der Waals surface area contributed by atoms with Gasteiger partial charge in [-0.15, -0.1) is 0 Å². The van der Waals surface area contributed by atoms with Crippen LogP contribution in [0.3, 0.4) is 0 Å². The number of carboxylic acid groups (broad SMARTS) is 2. The molecule has 0 aliphatic rings. The number of aliphatic carboxylic acids is 2. The van der Waals surface area contributed by atoms with Gasteiger partial charge >= 0.3 is 11.9 Å². The fourth-order valence-electron chi connectivity index (χ4n) is 3.45. The molecule has 1 rings (SSSR count). The van der Waals surface area contributed by atoms with Gasteiger partial charge in [-0.25, -0.2) is 4.79 Å². The number of amides is 3. The second-order valence-electron chi connectivity index (χ2n) is 9.05. The number of nitrogens with two attached hydrogens (primary N) is 3. The normalized spacial score (nSPS) is 14.5. The molecule has 0 saturated heterocycles. The van der Waals surface area contributed by atoms with Crippen molar-refractivity contribution in [1.29, 1.82) is 0 Å². The van der Waals surface area contributed by atoms with Crippen molar-refractivity contribution < 1.29 is 44.4 Å². The molecule has 13 N–H and O–H groups in total. The Bertz CT molecular complexity index is 1060. The van der Waals surface area contributed by atoms with E-state index in [1.54, 1.807) is 0 Å². The number of aliphatic hydroxyl groups excluding tert-OH is 1. The number of aliphatic imine (C=N–C) groups is 1. The van der Waals surface area contributed by atoms with Gasteiger partial charge in [-0.3, -0.25) is 24.2 Å². The number of aliphatic hydroxyl groups is 1. The zero-order valence-corrected chi connectivity index (χ0v) is 21.9. The van der Waals surface area contributed by atoms with Crippen molar-refractivity contribution >= 4 is 35.6 Å². The second-order valence-corrected chi connectivity index (χ2v) is 9.05. The van der Waals surface area contributed by atoms with E-state index in [1.807, 2.05) is 0 Å². The molecule has 0 bridgehead atoms. The van der Waals surface area contributed by atoms with Crippen molar-refractivity contribution in [2.45, 2.75) is 69.3 Å². The van der Waals surface area contributed by atoms with Crippen LogP contribution in [0.2, 0.25) is 0 Å². The first-order chi connectivity index (χ1) is 18.7. The van der Waals surface area contributed by atoms with E-state index in [4.69, 9.17) is 22.3 Å². The zero-order chi connectivity index (χ0) is 30.4. The van der Waals surface area contributed by atoms with E-state index in [2.05, 4.69) is 20.9 Å². The van der Waals surface area contributed by atoms with Crippen LogP contribution in [0.1, 0.15) is 38.2 Å². The quantitative estimate of drug-likeness (QED) is 0.0515. The van der Waals surface area contributed by atoms with Crippen LogP contribution in [0.5, 0.6) is 5.75 Å². The van der Waals surface area contributed by atoms with Crippen LogP contribution < -0.4 is 33.2 Å². The van der Waals surface area contributed by atoms with Crippen LogP contribution in [0.25, 0.3) is 0 Å². The number of carbonyl (C=O) groups excluding carboxylic acids is 3. The van der Waals surface area contributed by atoms with Crippen molar-refractivity contribution in [3.63, 3.8) is 0 Å². The summed E-state index contributed by atoms with van der Waals surface area (Å²) in [5.74, 6) is -5.45. The number of hydrogen-bond acceptors (Lipinski definition) is 9. The maximum absolute atomic E-state index is 13.3. The van der Waals surface area contributed by atoms with E-state index in [-0.39, 0.29) is 50.4 Å². The summed E-state index contributed by atoms with van der Waals surface area (Å²) in [6, 6.07) is 0.225. The lowest BCUT2D eigenvalue weighted by Gasteiger charge is -2.26. The van der Waals surface area contributed by atoms with Gasteiger partial charge in [0.1, 0.15) is 17.8 Å². The third kappa shape index (κ3) is 12.4. The zero-order valence-electron chi connectivity index (χ0n) is 21.9. The molecule has 0 aliphatic heterocycles. The summed E-state index contributed by atoms with van der Waals surface area (Å²) in [5.41, 5.74) is 16.9. The summed E-state index contributed by atoms with van der Waals surface area (Å²) in [6.45, 7) is 1.26. The van der Waals surface area contributed by atoms with Crippen LogP contribution in [-0.2, 0) is 30.4 Å². The van der Waals surface area contributed by atoms with E-state index < -0.39 is 59.9 Å². The fraction of sp³-hybridized carbons (Fsp3) is 0.500. The molecule has 0 aliphatic carbocycles. The van der Waals surface area contributed by atoms with Crippen LogP contribution >= 0.6 is 0 Å². The number of guanidine groups is 1. The number of benzene rings is 1. The minimum absolute atomic E-state index is 0.0342. The molecule has 0 heterocycles. The highest BCUT2D eigenvalue weighted by Gasteiger charge is 2.32. The highest BCUT2D eigenvalue weighted by Crippen LogP contribution is 2.12. The van der Waals surface area contributed by atoms with E-state index >= 15 is 0 Å². The topological polar surface area (TPSA) is 293 Å². The Kier molecular flexibility index (Phi) is 13.9. The predicted octanol–water partition coefficient (Wildman–Crippen LogP) is -2.90. The summed E-state index contributed by atoms with van der Waals surface area (Å²) in [4.78, 5) is 65.0. The van der Waals surface area contributed by atoms with Gasteiger partial charge in [-0.05, 0) is 43.9 Å². The van der Waals surface area contributed by atoms with Gasteiger partial charge in [0.05, 0.1) is 12.1 Å². The van der Waals surface area contributed by atoms with Gasteiger partial charge in [0, 0.05) is 19.4 Å². The fourth-order valence-corrected chi connectivity index (χ4v) is 3.45. The summed E-state index contributed by atoms with van der Waals surface area (Å²) in [6.07, 6.45) is -1.98. The van der Waals surface area contributed by atoms with Crippen LogP contribution in [-0.4, -0.2) is 92.9 Å². The highest BCUT2D eigenvalue weighted by atomic mass is 16.4. The molecule has 0 fully saturated rings. The monoisotopic (exact) mass is 567 g/mol. The maximum atomic E-state index is 13.3. The average molecular weight is 568 g/mol.